The summed E-state index contributed by atoms with van der Waals surface area (Å²) in [5.74, 6) is 1.34. The molecule has 0 saturated carbocycles. The molecule has 0 aliphatic carbocycles. The van der Waals surface area contributed by atoms with Crippen molar-refractivity contribution in [2.24, 2.45) is 5.73 Å². The molecule has 0 heterocycles. The van der Waals surface area contributed by atoms with Crippen LogP contribution in [0.2, 0.25) is 0 Å². The lowest BCUT2D eigenvalue weighted by Crippen LogP contribution is -2.17. The van der Waals surface area contributed by atoms with Crippen LogP contribution in [0.1, 0.15) is 25.5 Å². The average Bonchev–Trinajstić information content (AvgIpc) is 2.38. The van der Waals surface area contributed by atoms with Crippen LogP contribution in [0.5, 0.6) is 11.5 Å². The number of hydrogen-bond donors (Lipinski definition) is 1. The van der Waals surface area contributed by atoms with E-state index in [0.717, 1.165) is 5.56 Å². The van der Waals surface area contributed by atoms with E-state index >= 15 is 0 Å². The van der Waals surface area contributed by atoms with E-state index in [4.69, 9.17) is 15.2 Å². The predicted molar refractivity (Wildman–Crippen MR) is 75.4 cm³/mol. The molecular formula is C13H21NO4S. The van der Waals surface area contributed by atoms with Gasteiger partial charge in [0.1, 0.15) is 18.1 Å². The molecule has 1 rings (SSSR count). The molecule has 0 radical (unpaired) electrons. The van der Waals surface area contributed by atoms with E-state index in [1.54, 1.807) is 26.2 Å². The molecule has 2 N–H and O–H groups in total. The Labute approximate surface area is 114 Å². The number of sulfone groups is 1. The first-order valence-corrected chi connectivity index (χ1v) is 7.98. The van der Waals surface area contributed by atoms with Crippen molar-refractivity contribution in [3.05, 3.63) is 23.8 Å². The first-order valence-electron chi connectivity index (χ1n) is 6.16. The second-order valence-electron chi connectivity index (χ2n) is 4.28. The first-order chi connectivity index (χ1) is 8.89. The molecule has 19 heavy (non-hydrogen) atoms. The van der Waals surface area contributed by atoms with Gasteiger partial charge in [-0.15, -0.1) is 0 Å². The molecule has 1 atom stereocenters. The van der Waals surface area contributed by atoms with Gasteiger partial charge < -0.3 is 15.2 Å². The summed E-state index contributed by atoms with van der Waals surface area (Å²) in [6.07, 6.45) is 0. The highest BCUT2D eigenvalue weighted by Gasteiger charge is 2.12. The zero-order valence-electron chi connectivity index (χ0n) is 11.5. The molecule has 0 aliphatic heterocycles. The molecule has 0 amide bonds. The van der Waals surface area contributed by atoms with E-state index < -0.39 is 9.84 Å². The van der Waals surface area contributed by atoms with Gasteiger partial charge in [0.15, 0.2) is 9.84 Å². The van der Waals surface area contributed by atoms with Gasteiger partial charge in [0, 0.05) is 23.4 Å². The fourth-order valence-electron chi connectivity index (χ4n) is 1.57. The van der Waals surface area contributed by atoms with E-state index in [9.17, 15) is 8.42 Å². The average molecular weight is 287 g/mol. The summed E-state index contributed by atoms with van der Waals surface area (Å²) in [5.41, 5.74) is 6.68. The summed E-state index contributed by atoms with van der Waals surface area (Å²) in [6, 6.07) is 5.15. The largest absolute Gasteiger partial charge is 0.497 e. The lowest BCUT2D eigenvalue weighted by atomic mass is 10.1. The van der Waals surface area contributed by atoms with Crippen LogP contribution in [-0.4, -0.2) is 33.6 Å². The van der Waals surface area contributed by atoms with E-state index in [1.165, 1.54) is 0 Å². The molecule has 0 aliphatic rings. The predicted octanol–water partition coefficient (Wildman–Crippen LogP) is 1.53. The van der Waals surface area contributed by atoms with Crippen LogP contribution >= 0.6 is 0 Å². The standard InChI is InChI=1S/C13H21NO4S/c1-4-19(15,16)8-7-18-13-9-11(17-3)5-6-12(13)10(2)14/h5-6,9-10H,4,7-8,14H2,1-3H3/t10-/m0/s1. The van der Waals surface area contributed by atoms with Crippen molar-refractivity contribution in [2.75, 3.05) is 25.2 Å². The zero-order valence-corrected chi connectivity index (χ0v) is 12.4. The summed E-state index contributed by atoms with van der Waals surface area (Å²) >= 11 is 0. The van der Waals surface area contributed by atoms with Crippen LogP contribution < -0.4 is 15.2 Å². The Balaban J connectivity index is 2.81. The second-order valence-corrected chi connectivity index (χ2v) is 6.75. The quantitative estimate of drug-likeness (QED) is 0.822. The molecule has 6 heteroatoms. The summed E-state index contributed by atoms with van der Waals surface area (Å²) < 4.78 is 33.5. The van der Waals surface area contributed by atoms with E-state index in [0.29, 0.717) is 11.5 Å². The zero-order chi connectivity index (χ0) is 14.5. The Morgan fingerprint density at radius 2 is 2.05 bits per heavy atom. The van der Waals surface area contributed by atoms with Crippen molar-refractivity contribution in [3.63, 3.8) is 0 Å². The number of benzene rings is 1. The molecule has 5 nitrogen and oxygen atoms in total. The van der Waals surface area contributed by atoms with Crippen LogP contribution in [0.25, 0.3) is 0 Å². The topological polar surface area (TPSA) is 78.6 Å². The van der Waals surface area contributed by atoms with E-state index in [2.05, 4.69) is 0 Å². The molecule has 0 saturated heterocycles. The SMILES string of the molecule is CCS(=O)(=O)CCOc1cc(OC)ccc1[C@H](C)N. The molecule has 1 aromatic carbocycles. The van der Waals surface area contributed by atoms with Gasteiger partial charge in [-0.25, -0.2) is 8.42 Å². The van der Waals surface area contributed by atoms with Crippen LogP contribution in [0.15, 0.2) is 18.2 Å². The van der Waals surface area contributed by atoms with Crippen LogP contribution in [-0.2, 0) is 9.84 Å². The second kappa shape index (κ2) is 6.77. The van der Waals surface area contributed by atoms with Gasteiger partial charge >= 0.3 is 0 Å². The number of methoxy groups -OCH3 is 1. The number of ether oxygens (including phenoxy) is 2. The molecule has 0 aromatic heterocycles. The lowest BCUT2D eigenvalue weighted by Gasteiger charge is -2.15. The van der Waals surface area contributed by atoms with Crippen molar-refractivity contribution in [3.8, 4) is 11.5 Å². The smallest absolute Gasteiger partial charge is 0.153 e. The monoisotopic (exact) mass is 287 g/mol. The lowest BCUT2D eigenvalue weighted by molar-refractivity contribution is 0.331. The Hall–Kier alpha value is -1.27. The minimum absolute atomic E-state index is 0.000891. The van der Waals surface area contributed by atoms with Gasteiger partial charge in [-0.05, 0) is 13.0 Å². The Bertz CT molecular complexity index is 511. The highest BCUT2D eigenvalue weighted by atomic mass is 32.2. The van der Waals surface area contributed by atoms with Crippen molar-refractivity contribution in [1.29, 1.82) is 0 Å². The number of nitrogens with two attached hydrogens (primary N) is 1. The van der Waals surface area contributed by atoms with Gasteiger partial charge in [-0.3, -0.25) is 0 Å². The third-order valence-corrected chi connectivity index (χ3v) is 4.47. The van der Waals surface area contributed by atoms with Crippen molar-refractivity contribution in [1.82, 2.24) is 0 Å². The summed E-state index contributed by atoms with van der Waals surface area (Å²) in [5, 5.41) is 0. The Morgan fingerprint density at radius 1 is 1.37 bits per heavy atom. The maximum atomic E-state index is 11.4. The Kier molecular flexibility index (Phi) is 5.62. The molecule has 1 aromatic rings. The summed E-state index contributed by atoms with van der Waals surface area (Å²) in [6.45, 7) is 3.58. The number of rotatable bonds is 7. The molecule has 0 fully saturated rings. The molecule has 108 valence electrons. The summed E-state index contributed by atoms with van der Waals surface area (Å²) in [4.78, 5) is 0. The molecule has 0 bridgehead atoms. The van der Waals surface area contributed by atoms with Crippen LogP contribution in [0, 0.1) is 0 Å². The first kappa shape index (κ1) is 15.8. The maximum absolute atomic E-state index is 11.4. The van der Waals surface area contributed by atoms with Gasteiger partial charge in [-0.2, -0.15) is 0 Å². The summed E-state index contributed by atoms with van der Waals surface area (Å²) in [7, 11) is -1.46. The fraction of sp³-hybridized carbons (Fsp3) is 0.538. The minimum Gasteiger partial charge on any atom is -0.497 e. The molecule has 0 spiro atoms. The molecular weight excluding hydrogens is 266 g/mol. The highest BCUT2D eigenvalue weighted by molar-refractivity contribution is 7.91. The van der Waals surface area contributed by atoms with E-state index in [-0.39, 0.29) is 24.2 Å². The van der Waals surface area contributed by atoms with Crippen LogP contribution in [0.3, 0.4) is 0 Å². The maximum Gasteiger partial charge on any atom is 0.153 e. The minimum atomic E-state index is -3.03. The number of hydrogen-bond acceptors (Lipinski definition) is 5. The van der Waals surface area contributed by atoms with Gasteiger partial charge in [0.05, 0.1) is 12.9 Å². The highest BCUT2D eigenvalue weighted by Crippen LogP contribution is 2.28. The van der Waals surface area contributed by atoms with Crippen molar-refractivity contribution >= 4 is 9.84 Å². The van der Waals surface area contributed by atoms with Crippen molar-refractivity contribution < 1.29 is 17.9 Å². The normalized spacial score (nSPS) is 13.1. The fourth-order valence-corrected chi connectivity index (χ4v) is 2.19. The Morgan fingerprint density at radius 3 is 2.58 bits per heavy atom. The molecule has 0 unspecified atom stereocenters. The van der Waals surface area contributed by atoms with Crippen LogP contribution in [0.4, 0.5) is 0 Å². The van der Waals surface area contributed by atoms with Gasteiger partial charge in [0.25, 0.3) is 0 Å². The van der Waals surface area contributed by atoms with E-state index in [1.807, 2.05) is 13.0 Å². The third kappa shape index (κ3) is 4.72. The van der Waals surface area contributed by atoms with Gasteiger partial charge in [0.2, 0.25) is 0 Å². The van der Waals surface area contributed by atoms with Crippen molar-refractivity contribution in [2.45, 2.75) is 19.9 Å². The third-order valence-electron chi connectivity index (χ3n) is 2.80. The van der Waals surface area contributed by atoms with Gasteiger partial charge in [-0.1, -0.05) is 13.0 Å².